The summed E-state index contributed by atoms with van der Waals surface area (Å²) in [5.41, 5.74) is -0.0309. The Labute approximate surface area is 156 Å². The van der Waals surface area contributed by atoms with Gasteiger partial charge >= 0.3 is 0 Å². The Morgan fingerprint density at radius 1 is 1.12 bits per heavy atom. The third kappa shape index (κ3) is 3.47. The number of rotatable bonds is 2. The molecule has 0 spiro atoms. The fourth-order valence-corrected chi connectivity index (χ4v) is 4.68. The molecule has 4 heterocycles. The van der Waals surface area contributed by atoms with Gasteiger partial charge < -0.3 is 9.80 Å². The van der Waals surface area contributed by atoms with E-state index in [9.17, 15) is 9.59 Å². The molecule has 2 aliphatic heterocycles. The maximum absolute atomic E-state index is 13.0. The van der Waals surface area contributed by atoms with E-state index in [4.69, 9.17) is 0 Å². The van der Waals surface area contributed by atoms with Crippen LogP contribution in [0.3, 0.4) is 0 Å². The fourth-order valence-electron chi connectivity index (χ4n) is 3.72. The van der Waals surface area contributed by atoms with Crippen molar-refractivity contribution in [3.8, 4) is 0 Å². The van der Waals surface area contributed by atoms with Gasteiger partial charge in [0.15, 0.2) is 0 Å². The summed E-state index contributed by atoms with van der Waals surface area (Å²) in [6, 6.07) is 1.33. The summed E-state index contributed by atoms with van der Waals surface area (Å²) in [4.78, 5) is 33.7. The Hall–Kier alpha value is -1.96. The first-order chi connectivity index (χ1) is 12.6. The van der Waals surface area contributed by atoms with Crippen LogP contribution in [0.2, 0.25) is 0 Å². The van der Waals surface area contributed by atoms with Crippen LogP contribution in [-0.2, 0) is 0 Å². The Bertz CT molecular complexity index is 845. The maximum Gasteiger partial charge on any atom is 0.274 e. The van der Waals surface area contributed by atoms with E-state index < -0.39 is 0 Å². The number of hydrogen-bond acceptors (Lipinski definition) is 6. The minimum atomic E-state index is -0.371. The topological polar surface area (TPSA) is 70.8 Å². The van der Waals surface area contributed by atoms with Gasteiger partial charge in [0.05, 0.1) is 0 Å². The van der Waals surface area contributed by atoms with Crippen molar-refractivity contribution >= 4 is 27.3 Å². The van der Waals surface area contributed by atoms with Crippen molar-refractivity contribution in [1.82, 2.24) is 19.5 Å². The predicted molar refractivity (Wildman–Crippen MR) is 102 cm³/mol. The first-order valence-corrected chi connectivity index (χ1v) is 10.4. The summed E-state index contributed by atoms with van der Waals surface area (Å²) in [5, 5.41) is 5.52. The summed E-state index contributed by atoms with van der Waals surface area (Å²) >= 11 is 1.40. The molecule has 0 unspecified atom stereocenters. The summed E-state index contributed by atoms with van der Waals surface area (Å²) in [5.74, 6) is 0.534. The number of amides is 1. The van der Waals surface area contributed by atoms with Crippen molar-refractivity contribution in [1.29, 1.82) is 0 Å². The number of likely N-dealkylation sites (tertiary alicyclic amines) is 1. The molecule has 140 valence electrons. The van der Waals surface area contributed by atoms with Crippen LogP contribution in [0.5, 0.6) is 0 Å². The van der Waals surface area contributed by atoms with Gasteiger partial charge in [-0.25, -0.2) is 0 Å². The van der Waals surface area contributed by atoms with Gasteiger partial charge in [-0.1, -0.05) is 31.1 Å². The average molecular weight is 375 g/mol. The zero-order valence-electron chi connectivity index (χ0n) is 15.2. The summed E-state index contributed by atoms with van der Waals surface area (Å²) in [7, 11) is 0. The minimum absolute atomic E-state index is 0.112. The average Bonchev–Trinajstić information content (AvgIpc) is 2.87. The van der Waals surface area contributed by atoms with Gasteiger partial charge in [-0.2, -0.15) is 9.50 Å². The van der Waals surface area contributed by atoms with Gasteiger partial charge in [-0.15, -0.1) is 5.10 Å². The van der Waals surface area contributed by atoms with E-state index in [1.165, 1.54) is 30.2 Å². The van der Waals surface area contributed by atoms with Crippen molar-refractivity contribution in [2.75, 3.05) is 31.1 Å². The van der Waals surface area contributed by atoms with Crippen molar-refractivity contribution < 1.29 is 4.79 Å². The largest absolute Gasteiger partial charge is 0.347 e. The summed E-state index contributed by atoms with van der Waals surface area (Å²) in [6.45, 7) is 5.63. The van der Waals surface area contributed by atoms with Crippen LogP contribution >= 0.6 is 11.3 Å². The normalized spacial score (nSPS) is 19.7. The van der Waals surface area contributed by atoms with Gasteiger partial charge in [0, 0.05) is 32.2 Å². The van der Waals surface area contributed by atoms with Crippen molar-refractivity contribution in [2.45, 2.75) is 45.4 Å². The molecule has 8 heteroatoms. The maximum atomic E-state index is 13.0. The van der Waals surface area contributed by atoms with Gasteiger partial charge in [-0.3, -0.25) is 9.59 Å². The van der Waals surface area contributed by atoms with Gasteiger partial charge in [0.25, 0.3) is 11.5 Å². The molecule has 0 aliphatic carbocycles. The molecule has 0 aromatic carbocycles. The molecule has 0 bridgehead atoms. The zero-order chi connectivity index (χ0) is 18.1. The lowest BCUT2D eigenvalue weighted by Crippen LogP contribution is -2.39. The Morgan fingerprint density at radius 3 is 2.50 bits per heavy atom. The lowest BCUT2D eigenvalue weighted by atomic mass is 9.99. The summed E-state index contributed by atoms with van der Waals surface area (Å²) < 4.78 is 1.58. The highest BCUT2D eigenvalue weighted by Gasteiger charge is 2.25. The molecule has 2 fully saturated rings. The number of carbonyl (C=O) groups excluding carboxylic acids is 1. The molecule has 0 saturated carbocycles. The molecule has 2 aromatic heterocycles. The molecule has 1 amide bonds. The lowest BCUT2D eigenvalue weighted by molar-refractivity contribution is 0.0688. The Balaban J connectivity index is 1.68. The van der Waals surface area contributed by atoms with Crippen LogP contribution in [0.1, 0.15) is 55.9 Å². The standard InChI is InChI=1S/C18H25N5O2S/c1-13-6-10-21(11-7-13)16(25)14-12-15(24)19-17-23(14)20-18(26-17)22-8-4-2-3-5-9-22/h12-13H,2-11H2,1H3. The molecule has 26 heavy (non-hydrogen) atoms. The highest BCUT2D eigenvalue weighted by Crippen LogP contribution is 2.26. The van der Waals surface area contributed by atoms with E-state index in [1.807, 2.05) is 4.90 Å². The molecular formula is C18H25N5O2S. The summed E-state index contributed by atoms with van der Waals surface area (Å²) in [6.07, 6.45) is 6.80. The number of anilines is 1. The van der Waals surface area contributed by atoms with Gasteiger partial charge in [-0.05, 0) is 31.6 Å². The van der Waals surface area contributed by atoms with E-state index in [0.29, 0.717) is 16.6 Å². The van der Waals surface area contributed by atoms with E-state index in [-0.39, 0.29) is 11.5 Å². The zero-order valence-corrected chi connectivity index (χ0v) is 16.0. The quantitative estimate of drug-likeness (QED) is 0.806. The second-order valence-electron chi connectivity index (χ2n) is 7.43. The van der Waals surface area contributed by atoms with Crippen LogP contribution in [-0.4, -0.2) is 51.6 Å². The molecule has 4 rings (SSSR count). The van der Waals surface area contributed by atoms with Gasteiger partial charge in [0.1, 0.15) is 5.69 Å². The van der Waals surface area contributed by atoms with E-state index >= 15 is 0 Å². The van der Waals surface area contributed by atoms with Gasteiger partial charge in [0.2, 0.25) is 10.1 Å². The lowest BCUT2D eigenvalue weighted by Gasteiger charge is -2.30. The van der Waals surface area contributed by atoms with Crippen LogP contribution in [0.15, 0.2) is 10.9 Å². The molecule has 7 nitrogen and oxygen atoms in total. The number of aromatic nitrogens is 3. The molecule has 0 atom stereocenters. The van der Waals surface area contributed by atoms with Crippen LogP contribution in [0.25, 0.3) is 4.96 Å². The first-order valence-electron chi connectivity index (χ1n) is 9.57. The first kappa shape index (κ1) is 17.5. The molecule has 0 N–H and O–H groups in total. The van der Waals surface area contributed by atoms with Crippen LogP contribution in [0, 0.1) is 5.92 Å². The third-order valence-electron chi connectivity index (χ3n) is 5.41. The Kier molecular flexibility index (Phi) is 4.93. The number of fused-ring (bicyclic) bond motifs is 1. The number of carbonyl (C=O) groups is 1. The predicted octanol–water partition coefficient (Wildman–Crippen LogP) is 2.40. The SMILES string of the molecule is CC1CCN(C(=O)c2cc(=O)nc3sc(N4CCCCCC4)nn23)CC1. The number of piperidine rings is 1. The third-order valence-corrected chi connectivity index (χ3v) is 6.38. The molecular weight excluding hydrogens is 350 g/mol. The minimum Gasteiger partial charge on any atom is -0.347 e. The second-order valence-corrected chi connectivity index (χ2v) is 8.37. The number of hydrogen-bond donors (Lipinski definition) is 0. The molecule has 2 aliphatic rings. The monoisotopic (exact) mass is 375 g/mol. The van der Waals surface area contributed by atoms with Crippen LogP contribution in [0.4, 0.5) is 5.13 Å². The van der Waals surface area contributed by atoms with E-state index in [1.54, 1.807) is 4.52 Å². The van der Waals surface area contributed by atoms with E-state index in [0.717, 1.165) is 57.0 Å². The highest BCUT2D eigenvalue weighted by molar-refractivity contribution is 7.20. The second kappa shape index (κ2) is 7.34. The molecule has 2 saturated heterocycles. The fraction of sp³-hybridized carbons (Fsp3) is 0.667. The smallest absolute Gasteiger partial charge is 0.274 e. The number of nitrogens with zero attached hydrogens (tertiary/aromatic N) is 5. The van der Waals surface area contributed by atoms with Crippen LogP contribution < -0.4 is 10.5 Å². The van der Waals surface area contributed by atoms with Crippen molar-refractivity contribution in [2.24, 2.45) is 5.92 Å². The molecule has 0 radical (unpaired) electrons. The van der Waals surface area contributed by atoms with Crippen molar-refractivity contribution in [3.05, 3.63) is 22.1 Å². The highest BCUT2D eigenvalue weighted by atomic mass is 32.1. The molecule has 2 aromatic rings. The van der Waals surface area contributed by atoms with E-state index in [2.05, 4.69) is 21.9 Å². The Morgan fingerprint density at radius 2 is 1.81 bits per heavy atom. The van der Waals surface area contributed by atoms with Crippen molar-refractivity contribution in [3.63, 3.8) is 0 Å².